The zero-order chi connectivity index (χ0) is 18.3. The van der Waals surface area contributed by atoms with E-state index in [9.17, 15) is 0 Å². The molecule has 3 aromatic heterocycles. The van der Waals surface area contributed by atoms with Gasteiger partial charge in [0.25, 0.3) is 0 Å². The number of aromatic nitrogens is 6. The summed E-state index contributed by atoms with van der Waals surface area (Å²) in [6.07, 6.45) is 6.89. The van der Waals surface area contributed by atoms with Crippen LogP contribution in [-0.4, -0.2) is 29.4 Å². The van der Waals surface area contributed by atoms with Gasteiger partial charge in [0, 0.05) is 23.9 Å². The van der Waals surface area contributed by atoms with Crippen molar-refractivity contribution in [2.45, 2.75) is 71.4 Å². The van der Waals surface area contributed by atoms with Gasteiger partial charge in [0.05, 0.1) is 11.7 Å². The van der Waals surface area contributed by atoms with E-state index in [4.69, 9.17) is 4.98 Å². The fraction of sp³-hybridized carbons (Fsp3) is 0.579. The van der Waals surface area contributed by atoms with Gasteiger partial charge in [-0.15, -0.1) is 10.2 Å². The fourth-order valence-electron chi connectivity index (χ4n) is 3.82. The molecule has 0 radical (unpaired) electrons. The smallest absolute Gasteiger partial charge is 0.157 e. The van der Waals surface area contributed by atoms with E-state index in [0.717, 1.165) is 28.7 Å². The Hall–Kier alpha value is -2.44. The highest BCUT2D eigenvalue weighted by Crippen LogP contribution is 2.32. The summed E-state index contributed by atoms with van der Waals surface area (Å²) < 4.78 is 4.13. The van der Waals surface area contributed by atoms with Gasteiger partial charge in [-0.2, -0.15) is 9.61 Å². The maximum atomic E-state index is 4.73. The van der Waals surface area contributed by atoms with Crippen LogP contribution in [0.1, 0.15) is 81.7 Å². The van der Waals surface area contributed by atoms with Crippen molar-refractivity contribution in [1.82, 2.24) is 29.4 Å². The molecule has 0 saturated heterocycles. The summed E-state index contributed by atoms with van der Waals surface area (Å²) in [6.45, 7) is 8.44. The molecule has 1 aliphatic carbocycles. The Morgan fingerprint density at radius 3 is 2.65 bits per heavy atom. The average molecular weight is 353 g/mol. The van der Waals surface area contributed by atoms with Crippen molar-refractivity contribution < 1.29 is 0 Å². The van der Waals surface area contributed by atoms with Crippen LogP contribution in [0.15, 0.2) is 18.5 Å². The molecular weight excluding hydrogens is 326 g/mol. The van der Waals surface area contributed by atoms with Crippen LogP contribution in [0, 0.1) is 6.92 Å². The lowest BCUT2D eigenvalue weighted by Crippen LogP contribution is -2.18. The molecule has 1 atom stereocenters. The summed E-state index contributed by atoms with van der Waals surface area (Å²) in [5, 5.41) is 16.8. The van der Waals surface area contributed by atoms with E-state index in [1.54, 1.807) is 0 Å². The molecule has 1 aliphatic rings. The molecule has 138 valence electrons. The van der Waals surface area contributed by atoms with Crippen LogP contribution in [-0.2, 0) is 0 Å². The minimum absolute atomic E-state index is 0.0354. The highest BCUT2D eigenvalue weighted by molar-refractivity contribution is 5.51. The Labute approximate surface area is 153 Å². The SMILES string of the molecule is Cc1cc2nc(C(C)C)cc(NC(C)c3nncn3C3CCCC3)n2n1. The van der Waals surface area contributed by atoms with Crippen LogP contribution in [0.4, 0.5) is 5.82 Å². The lowest BCUT2D eigenvalue weighted by Gasteiger charge is -2.20. The van der Waals surface area contributed by atoms with Crippen LogP contribution < -0.4 is 5.32 Å². The minimum Gasteiger partial charge on any atom is -0.360 e. The third kappa shape index (κ3) is 3.06. The number of hydrogen-bond donors (Lipinski definition) is 1. The summed E-state index contributed by atoms with van der Waals surface area (Å²) in [5.74, 6) is 2.28. The first kappa shape index (κ1) is 17.0. The second-order valence-corrected chi connectivity index (χ2v) is 7.68. The van der Waals surface area contributed by atoms with Gasteiger partial charge in [0.2, 0.25) is 0 Å². The van der Waals surface area contributed by atoms with E-state index in [1.165, 1.54) is 25.7 Å². The van der Waals surface area contributed by atoms with Crippen LogP contribution in [0.3, 0.4) is 0 Å². The van der Waals surface area contributed by atoms with Crippen LogP contribution in [0.2, 0.25) is 0 Å². The summed E-state index contributed by atoms with van der Waals surface area (Å²) in [5.41, 5.74) is 2.90. The summed E-state index contributed by atoms with van der Waals surface area (Å²) in [4.78, 5) is 4.73. The first-order valence-corrected chi connectivity index (χ1v) is 9.56. The average Bonchev–Trinajstić information content (AvgIpc) is 3.33. The van der Waals surface area contributed by atoms with Crippen LogP contribution in [0.25, 0.3) is 5.65 Å². The quantitative estimate of drug-likeness (QED) is 0.749. The Balaban J connectivity index is 1.67. The third-order valence-electron chi connectivity index (χ3n) is 5.23. The van der Waals surface area contributed by atoms with E-state index in [0.29, 0.717) is 12.0 Å². The predicted octanol–water partition coefficient (Wildman–Crippen LogP) is 4.04. The number of nitrogens with one attached hydrogen (secondary N) is 1. The highest BCUT2D eigenvalue weighted by Gasteiger charge is 2.23. The van der Waals surface area contributed by atoms with Crippen LogP contribution >= 0.6 is 0 Å². The van der Waals surface area contributed by atoms with Gasteiger partial charge in [-0.05, 0) is 32.6 Å². The topological polar surface area (TPSA) is 72.9 Å². The minimum atomic E-state index is 0.0354. The number of anilines is 1. The van der Waals surface area contributed by atoms with Gasteiger partial charge in [-0.1, -0.05) is 26.7 Å². The van der Waals surface area contributed by atoms with Gasteiger partial charge in [-0.25, -0.2) is 4.98 Å². The van der Waals surface area contributed by atoms with Crippen LogP contribution in [0.5, 0.6) is 0 Å². The lowest BCUT2D eigenvalue weighted by atomic mass is 10.1. The second kappa shape index (κ2) is 6.70. The summed E-state index contributed by atoms with van der Waals surface area (Å²) in [6, 6.07) is 4.67. The van der Waals surface area contributed by atoms with Gasteiger partial charge in [-0.3, -0.25) is 0 Å². The zero-order valence-corrected chi connectivity index (χ0v) is 16.0. The molecule has 7 nitrogen and oxygen atoms in total. The van der Waals surface area contributed by atoms with E-state index in [1.807, 2.05) is 23.8 Å². The normalized spacial score (nSPS) is 16.7. The highest BCUT2D eigenvalue weighted by atomic mass is 15.3. The van der Waals surface area contributed by atoms with E-state index >= 15 is 0 Å². The number of hydrogen-bond acceptors (Lipinski definition) is 5. The van der Waals surface area contributed by atoms with E-state index in [-0.39, 0.29) is 6.04 Å². The molecule has 3 heterocycles. The molecule has 0 bridgehead atoms. The van der Waals surface area contributed by atoms with Crippen molar-refractivity contribution >= 4 is 11.5 Å². The second-order valence-electron chi connectivity index (χ2n) is 7.68. The number of aryl methyl sites for hydroxylation is 1. The number of rotatable bonds is 5. The van der Waals surface area contributed by atoms with Gasteiger partial charge < -0.3 is 9.88 Å². The van der Waals surface area contributed by atoms with Crippen molar-refractivity contribution in [3.05, 3.63) is 35.7 Å². The standard InChI is InChI=1S/C19H27N7/c1-12(2)16-10-18(26-17(22-16)9-13(3)24-26)21-14(4)19-23-20-11-25(19)15-7-5-6-8-15/h9-12,14-15,21H,5-8H2,1-4H3. The van der Waals surface area contributed by atoms with Crippen molar-refractivity contribution in [3.8, 4) is 0 Å². The largest absolute Gasteiger partial charge is 0.360 e. The number of nitrogens with zero attached hydrogens (tertiary/aromatic N) is 6. The third-order valence-corrected chi connectivity index (χ3v) is 5.23. The van der Waals surface area contributed by atoms with Gasteiger partial charge >= 0.3 is 0 Å². The zero-order valence-electron chi connectivity index (χ0n) is 16.0. The van der Waals surface area contributed by atoms with Crippen molar-refractivity contribution in [2.75, 3.05) is 5.32 Å². The first-order chi connectivity index (χ1) is 12.5. The Bertz CT molecular complexity index is 902. The fourth-order valence-corrected chi connectivity index (χ4v) is 3.82. The Morgan fingerprint density at radius 2 is 1.92 bits per heavy atom. The molecule has 0 amide bonds. The molecule has 26 heavy (non-hydrogen) atoms. The molecule has 1 unspecified atom stereocenters. The lowest BCUT2D eigenvalue weighted by molar-refractivity contribution is 0.487. The molecule has 1 N–H and O–H groups in total. The predicted molar refractivity (Wildman–Crippen MR) is 101 cm³/mol. The Morgan fingerprint density at radius 1 is 1.15 bits per heavy atom. The molecule has 7 heteroatoms. The molecule has 1 fully saturated rings. The van der Waals surface area contributed by atoms with E-state index < -0.39 is 0 Å². The molecule has 0 aliphatic heterocycles. The monoisotopic (exact) mass is 353 g/mol. The van der Waals surface area contributed by atoms with Gasteiger partial charge in [0.1, 0.15) is 12.1 Å². The summed E-state index contributed by atoms with van der Waals surface area (Å²) in [7, 11) is 0. The molecule has 3 aromatic rings. The number of fused-ring (bicyclic) bond motifs is 1. The maximum Gasteiger partial charge on any atom is 0.157 e. The molecule has 0 spiro atoms. The van der Waals surface area contributed by atoms with Gasteiger partial charge in [0.15, 0.2) is 11.5 Å². The molecular formula is C19H27N7. The van der Waals surface area contributed by atoms with E-state index in [2.05, 4.69) is 52.0 Å². The molecule has 1 saturated carbocycles. The molecule has 4 rings (SSSR count). The molecule has 0 aromatic carbocycles. The van der Waals surface area contributed by atoms with Crippen molar-refractivity contribution in [2.24, 2.45) is 0 Å². The van der Waals surface area contributed by atoms with Crippen molar-refractivity contribution in [3.63, 3.8) is 0 Å². The van der Waals surface area contributed by atoms with Crippen molar-refractivity contribution in [1.29, 1.82) is 0 Å². The Kier molecular flexibility index (Phi) is 4.38. The summed E-state index contributed by atoms with van der Waals surface area (Å²) >= 11 is 0. The maximum absolute atomic E-state index is 4.73. The first-order valence-electron chi connectivity index (χ1n) is 9.56.